The van der Waals surface area contributed by atoms with E-state index in [9.17, 15) is 5.11 Å². The number of rotatable bonds is 8. The molecule has 0 aliphatic carbocycles. The molecule has 35 heavy (non-hydrogen) atoms. The Morgan fingerprint density at radius 3 is 2.40 bits per heavy atom. The largest absolute Gasteiger partial charge is 0.491 e. The van der Waals surface area contributed by atoms with Crippen molar-refractivity contribution in [3.63, 3.8) is 0 Å². The quantitative estimate of drug-likeness (QED) is 0.529. The minimum atomic E-state index is -0.524. The summed E-state index contributed by atoms with van der Waals surface area (Å²) in [6.45, 7) is 14.8. The lowest BCUT2D eigenvalue weighted by Gasteiger charge is -2.37. The van der Waals surface area contributed by atoms with Crippen LogP contribution in [0.2, 0.25) is 0 Å². The molecule has 2 heterocycles. The Labute approximate surface area is 209 Å². The van der Waals surface area contributed by atoms with E-state index in [4.69, 9.17) is 9.72 Å². The summed E-state index contributed by atoms with van der Waals surface area (Å²) in [6.07, 6.45) is 0.314. The number of ether oxygens (including phenoxy) is 1. The second kappa shape index (κ2) is 11.2. The molecule has 3 aromatic rings. The zero-order chi connectivity index (χ0) is 24.9. The fraction of sp³-hybridized carbons (Fsp3) is 0.448. The minimum Gasteiger partial charge on any atom is -0.491 e. The Hall–Kier alpha value is -2.96. The highest BCUT2D eigenvalue weighted by atomic mass is 16.5. The molecular weight excluding hydrogens is 436 g/mol. The molecule has 0 spiro atoms. The molecule has 1 aliphatic rings. The maximum absolute atomic E-state index is 10.6. The first kappa shape index (κ1) is 25.1. The number of para-hydroxylation sites is 1. The molecule has 6 nitrogen and oxygen atoms in total. The van der Waals surface area contributed by atoms with Crippen LogP contribution < -0.4 is 9.64 Å². The van der Waals surface area contributed by atoms with Crippen LogP contribution in [0, 0.1) is 34.6 Å². The summed E-state index contributed by atoms with van der Waals surface area (Å²) in [5, 5.41) is 10.6. The average Bonchev–Trinajstić information content (AvgIpc) is 2.83. The smallest absolute Gasteiger partial charge is 0.136 e. The molecule has 2 aromatic carbocycles. The molecule has 6 heteroatoms. The van der Waals surface area contributed by atoms with Gasteiger partial charge in [0.1, 0.15) is 30.1 Å². The number of aliphatic hydroxyl groups excluding tert-OH is 1. The van der Waals surface area contributed by atoms with Crippen molar-refractivity contribution in [1.82, 2.24) is 14.9 Å². The molecule has 186 valence electrons. The summed E-state index contributed by atoms with van der Waals surface area (Å²) in [7, 11) is 0. The Kier molecular flexibility index (Phi) is 8.04. The number of aliphatic hydroxyl groups is 1. The Morgan fingerprint density at radius 2 is 1.66 bits per heavy atom. The lowest BCUT2D eigenvalue weighted by atomic mass is 9.97. The number of aryl methyl sites for hydroxylation is 5. The van der Waals surface area contributed by atoms with Gasteiger partial charge >= 0.3 is 0 Å². The van der Waals surface area contributed by atoms with Gasteiger partial charge in [-0.25, -0.2) is 9.97 Å². The van der Waals surface area contributed by atoms with Gasteiger partial charge in [0.15, 0.2) is 0 Å². The second-order valence-corrected chi connectivity index (χ2v) is 9.78. The van der Waals surface area contributed by atoms with Crippen molar-refractivity contribution in [2.24, 2.45) is 0 Å². The van der Waals surface area contributed by atoms with Gasteiger partial charge in [-0.2, -0.15) is 0 Å². The van der Waals surface area contributed by atoms with Crippen molar-refractivity contribution in [2.75, 3.05) is 44.2 Å². The highest BCUT2D eigenvalue weighted by Gasteiger charge is 2.24. The van der Waals surface area contributed by atoms with Crippen LogP contribution in [0.4, 0.5) is 5.82 Å². The average molecular weight is 475 g/mol. The third-order valence-electron chi connectivity index (χ3n) is 6.84. The highest BCUT2D eigenvalue weighted by molar-refractivity contribution is 5.52. The topological polar surface area (TPSA) is 61.7 Å². The van der Waals surface area contributed by atoms with Crippen LogP contribution in [0.1, 0.15) is 39.3 Å². The van der Waals surface area contributed by atoms with Crippen LogP contribution in [-0.4, -0.2) is 65.4 Å². The van der Waals surface area contributed by atoms with E-state index in [2.05, 4.69) is 53.8 Å². The molecule has 4 rings (SSSR count). The Balaban J connectivity index is 1.39. The highest BCUT2D eigenvalue weighted by Crippen LogP contribution is 2.27. The number of anilines is 1. The molecule has 1 atom stereocenters. The van der Waals surface area contributed by atoms with Gasteiger partial charge in [0.05, 0.1) is 0 Å². The standard InChI is InChI=1S/C29H38N4O2/c1-20-10-11-21(2)25(16-20)17-27-23(4)30-24(5)31-29(27)33-14-12-32(13-15-33)18-26(34)19-35-28-9-7-6-8-22(28)3/h6-11,16,26,34H,12-15,17-19H2,1-5H3/t26-/m1/s1. The SMILES string of the molecule is Cc1ccc(C)c(Cc2c(C)nc(C)nc2N2CCN(C[C@@H](O)COc3ccccc3C)CC2)c1. The third-order valence-corrected chi connectivity index (χ3v) is 6.84. The van der Waals surface area contributed by atoms with Gasteiger partial charge in [0, 0.05) is 50.4 Å². The van der Waals surface area contributed by atoms with E-state index < -0.39 is 6.10 Å². The molecular formula is C29H38N4O2. The second-order valence-electron chi connectivity index (χ2n) is 9.78. The molecule has 1 aliphatic heterocycles. The first-order chi connectivity index (χ1) is 16.8. The van der Waals surface area contributed by atoms with Gasteiger partial charge in [-0.3, -0.25) is 4.90 Å². The first-order valence-corrected chi connectivity index (χ1v) is 12.5. The predicted molar refractivity (Wildman–Crippen MR) is 142 cm³/mol. The molecule has 1 aromatic heterocycles. The summed E-state index contributed by atoms with van der Waals surface area (Å²) in [5.41, 5.74) is 7.26. The van der Waals surface area contributed by atoms with E-state index in [0.29, 0.717) is 13.2 Å². The van der Waals surface area contributed by atoms with Crippen molar-refractivity contribution < 1.29 is 9.84 Å². The van der Waals surface area contributed by atoms with Crippen LogP contribution in [-0.2, 0) is 6.42 Å². The number of aromatic nitrogens is 2. The van der Waals surface area contributed by atoms with Crippen LogP contribution in [0.3, 0.4) is 0 Å². The molecule has 0 radical (unpaired) electrons. The van der Waals surface area contributed by atoms with E-state index >= 15 is 0 Å². The molecule has 0 saturated carbocycles. The fourth-order valence-electron chi connectivity index (χ4n) is 4.76. The molecule has 1 saturated heterocycles. The van der Waals surface area contributed by atoms with Crippen LogP contribution in [0.15, 0.2) is 42.5 Å². The number of benzene rings is 2. The first-order valence-electron chi connectivity index (χ1n) is 12.5. The summed E-state index contributed by atoms with van der Waals surface area (Å²) >= 11 is 0. The van der Waals surface area contributed by atoms with Crippen LogP contribution in [0.25, 0.3) is 0 Å². The molecule has 1 fully saturated rings. The van der Waals surface area contributed by atoms with E-state index in [1.807, 2.05) is 38.1 Å². The summed E-state index contributed by atoms with van der Waals surface area (Å²) < 4.78 is 5.84. The normalized spacial score (nSPS) is 15.3. The van der Waals surface area contributed by atoms with Gasteiger partial charge in [-0.1, -0.05) is 42.0 Å². The lowest BCUT2D eigenvalue weighted by molar-refractivity contribution is 0.0660. The van der Waals surface area contributed by atoms with E-state index in [1.165, 1.54) is 22.3 Å². The van der Waals surface area contributed by atoms with Gasteiger partial charge in [0.25, 0.3) is 0 Å². The number of piperazine rings is 1. The van der Waals surface area contributed by atoms with Gasteiger partial charge < -0.3 is 14.7 Å². The fourth-order valence-corrected chi connectivity index (χ4v) is 4.76. The molecule has 0 unspecified atom stereocenters. The molecule has 0 bridgehead atoms. The van der Waals surface area contributed by atoms with Gasteiger partial charge in [0.2, 0.25) is 0 Å². The van der Waals surface area contributed by atoms with Crippen LogP contribution >= 0.6 is 0 Å². The van der Waals surface area contributed by atoms with Gasteiger partial charge in [-0.05, 0) is 57.4 Å². The van der Waals surface area contributed by atoms with Gasteiger partial charge in [-0.15, -0.1) is 0 Å². The maximum atomic E-state index is 10.6. The van der Waals surface area contributed by atoms with E-state index in [1.54, 1.807) is 0 Å². The lowest BCUT2D eigenvalue weighted by Crippen LogP contribution is -2.49. The van der Waals surface area contributed by atoms with Crippen molar-refractivity contribution in [3.8, 4) is 5.75 Å². The van der Waals surface area contributed by atoms with Crippen molar-refractivity contribution >= 4 is 5.82 Å². The zero-order valence-electron chi connectivity index (χ0n) is 21.7. The minimum absolute atomic E-state index is 0.301. The summed E-state index contributed by atoms with van der Waals surface area (Å²) in [4.78, 5) is 14.3. The number of nitrogens with zero attached hydrogens (tertiary/aromatic N) is 4. The Bertz CT molecular complexity index is 1160. The Morgan fingerprint density at radius 1 is 0.914 bits per heavy atom. The number of hydrogen-bond donors (Lipinski definition) is 1. The maximum Gasteiger partial charge on any atom is 0.136 e. The summed E-state index contributed by atoms with van der Waals surface area (Å²) in [6, 6.07) is 14.6. The van der Waals surface area contributed by atoms with Crippen LogP contribution in [0.5, 0.6) is 5.75 Å². The van der Waals surface area contributed by atoms with E-state index in [0.717, 1.165) is 61.2 Å². The zero-order valence-corrected chi connectivity index (χ0v) is 21.7. The van der Waals surface area contributed by atoms with Crippen molar-refractivity contribution in [1.29, 1.82) is 0 Å². The number of β-amino-alcohol motifs (C(OH)–C–C–N with tert-alkyl or cyclic N) is 1. The molecule has 1 N–H and O–H groups in total. The predicted octanol–water partition coefficient (Wildman–Crippen LogP) is 4.17. The monoisotopic (exact) mass is 474 g/mol. The third kappa shape index (κ3) is 6.38. The van der Waals surface area contributed by atoms with E-state index in [-0.39, 0.29) is 0 Å². The molecule has 0 amide bonds. The van der Waals surface area contributed by atoms with Crippen molar-refractivity contribution in [2.45, 2.75) is 47.1 Å². The summed E-state index contributed by atoms with van der Waals surface area (Å²) in [5.74, 6) is 2.70. The number of hydrogen-bond acceptors (Lipinski definition) is 6. The van der Waals surface area contributed by atoms with Crippen molar-refractivity contribution in [3.05, 3.63) is 81.8 Å².